The molecule has 2 aromatic carbocycles. The van der Waals surface area contributed by atoms with Gasteiger partial charge in [-0.05, 0) is 35.7 Å². The summed E-state index contributed by atoms with van der Waals surface area (Å²) in [6.07, 6.45) is 3.63. The fourth-order valence-electron chi connectivity index (χ4n) is 3.24. The zero-order chi connectivity index (χ0) is 18.9. The summed E-state index contributed by atoms with van der Waals surface area (Å²) in [5, 5.41) is 9.42. The lowest BCUT2D eigenvalue weighted by Crippen LogP contribution is -2.13. The fourth-order valence-corrected chi connectivity index (χ4v) is 3.47. The first-order chi connectivity index (χ1) is 13.8. The third-order valence-electron chi connectivity index (χ3n) is 4.65. The number of nitrogens with zero attached hydrogens (tertiary/aromatic N) is 3. The Kier molecular flexibility index (Phi) is 4.14. The molecule has 3 heterocycles. The SMILES string of the molecule is Clc1cc(NC2=NCc3cccnc32)ccc1Nc1cc2ccccc2cn1. The highest BCUT2D eigenvalue weighted by atomic mass is 35.5. The monoisotopic (exact) mass is 385 g/mol. The Bertz CT molecular complexity index is 1220. The summed E-state index contributed by atoms with van der Waals surface area (Å²) >= 11 is 6.50. The van der Waals surface area contributed by atoms with Crippen LogP contribution in [0.1, 0.15) is 11.3 Å². The predicted octanol–water partition coefficient (Wildman–Crippen LogP) is 5.40. The van der Waals surface area contributed by atoms with E-state index in [2.05, 4.69) is 31.7 Å². The van der Waals surface area contributed by atoms with Crippen LogP contribution in [0.25, 0.3) is 10.8 Å². The number of amidine groups is 1. The molecule has 2 N–H and O–H groups in total. The molecule has 4 aromatic rings. The van der Waals surface area contributed by atoms with Crippen LogP contribution in [0.5, 0.6) is 0 Å². The van der Waals surface area contributed by atoms with Crippen LogP contribution < -0.4 is 10.6 Å². The van der Waals surface area contributed by atoms with Crippen molar-refractivity contribution in [2.45, 2.75) is 6.54 Å². The van der Waals surface area contributed by atoms with E-state index >= 15 is 0 Å². The number of nitrogens with one attached hydrogen (secondary N) is 2. The minimum Gasteiger partial charge on any atom is -0.339 e. The minimum absolute atomic E-state index is 0.597. The summed E-state index contributed by atoms with van der Waals surface area (Å²) in [7, 11) is 0. The molecule has 0 atom stereocenters. The van der Waals surface area contributed by atoms with Crippen molar-refractivity contribution in [1.82, 2.24) is 9.97 Å². The van der Waals surface area contributed by atoms with Gasteiger partial charge in [0.2, 0.25) is 0 Å². The standard InChI is InChI=1S/C22H16ClN5/c23-18-11-17(27-22-21-16(13-26-22)6-3-9-24-21)7-8-19(18)28-20-10-14-4-1-2-5-15(14)12-25-20/h1-12H,13H2,(H,25,28)(H,26,27). The van der Waals surface area contributed by atoms with Gasteiger partial charge in [0.05, 0.1) is 17.3 Å². The lowest BCUT2D eigenvalue weighted by molar-refractivity contribution is 1.09. The Labute approximate surface area is 167 Å². The molecule has 0 amide bonds. The third-order valence-corrected chi connectivity index (χ3v) is 4.96. The molecule has 0 radical (unpaired) electrons. The van der Waals surface area contributed by atoms with Crippen LogP contribution in [-0.4, -0.2) is 15.8 Å². The number of fused-ring (bicyclic) bond motifs is 2. The Morgan fingerprint density at radius 1 is 0.857 bits per heavy atom. The summed E-state index contributed by atoms with van der Waals surface area (Å²) in [5.41, 5.74) is 3.67. The van der Waals surface area contributed by atoms with Gasteiger partial charge in [0.15, 0.2) is 5.84 Å². The molecular formula is C22H16ClN5. The predicted molar refractivity (Wildman–Crippen MR) is 115 cm³/mol. The number of aromatic nitrogens is 2. The van der Waals surface area contributed by atoms with E-state index < -0.39 is 0 Å². The number of anilines is 3. The molecule has 0 spiro atoms. The van der Waals surface area contributed by atoms with Gasteiger partial charge in [0.25, 0.3) is 0 Å². The van der Waals surface area contributed by atoms with Gasteiger partial charge in [-0.25, -0.2) is 4.98 Å². The van der Waals surface area contributed by atoms with Gasteiger partial charge in [-0.2, -0.15) is 0 Å². The summed E-state index contributed by atoms with van der Waals surface area (Å²) in [4.78, 5) is 13.4. The van der Waals surface area contributed by atoms with Crippen LogP contribution in [-0.2, 0) is 6.54 Å². The zero-order valence-corrected chi connectivity index (χ0v) is 15.6. The second-order valence-electron chi connectivity index (χ2n) is 6.54. The first kappa shape index (κ1) is 16.7. The Balaban J connectivity index is 1.36. The van der Waals surface area contributed by atoms with E-state index in [0.717, 1.165) is 45.1 Å². The lowest BCUT2D eigenvalue weighted by Gasteiger charge is -2.12. The Hall–Kier alpha value is -3.44. The van der Waals surface area contributed by atoms with E-state index in [-0.39, 0.29) is 0 Å². The maximum atomic E-state index is 6.50. The number of pyridine rings is 2. The van der Waals surface area contributed by atoms with Gasteiger partial charge < -0.3 is 10.6 Å². The van der Waals surface area contributed by atoms with Crippen LogP contribution in [0.15, 0.2) is 78.0 Å². The number of hydrogen-bond acceptors (Lipinski definition) is 5. The summed E-state index contributed by atoms with van der Waals surface area (Å²) in [6.45, 7) is 0.645. The molecule has 2 aromatic heterocycles. The van der Waals surface area contributed by atoms with Gasteiger partial charge in [0, 0.05) is 29.0 Å². The maximum Gasteiger partial charge on any atom is 0.152 e. The van der Waals surface area contributed by atoms with Crippen molar-refractivity contribution < 1.29 is 0 Å². The molecule has 0 saturated heterocycles. The average Bonchev–Trinajstić information content (AvgIpc) is 3.13. The Morgan fingerprint density at radius 3 is 2.64 bits per heavy atom. The van der Waals surface area contributed by atoms with Crippen molar-refractivity contribution in [3.8, 4) is 0 Å². The van der Waals surface area contributed by atoms with E-state index in [1.165, 1.54) is 0 Å². The van der Waals surface area contributed by atoms with Crippen molar-refractivity contribution in [2.24, 2.45) is 4.99 Å². The van der Waals surface area contributed by atoms with Gasteiger partial charge in [0.1, 0.15) is 11.5 Å². The molecule has 6 heteroatoms. The van der Waals surface area contributed by atoms with E-state index in [0.29, 0.717) is 11.6 Å². The molecule has 28 heavy (non-hydrogen) atoms. The minimum atomic E-state index is 0.597. The molecule has 0 bridgehead atoms. The highest BCUT2D eigenvalue weighted by Crippen LogP contribution is 2.29. The first-order valence-corrected chi connectivity index (χ1v) is 9.31. The molecule has 1 aliphatic heterocycles. The number of rotatable bonds is 3. The summed E-state index contributed by atoms with van der Waals surface area (Å²) < 4.78 is 0. The molecule has 0 saturated carbocycles. The number of hydrogen-bond donors (Lipinski definition) is 2. The fraction of sp³-hybridized carbons (Fsp3) is 0.0455. The molecular weight excluding hydrogens is 370 g/mol. The van der Waals surface area contributed by atoms with Crippen LogP contribution in [0.4, 0.5) is 17.2 Å². The lowest BCUT2D eigenvalue weighted by atomic mass is 10.2. The van der Waals surface area contributed by atoms with E-state index in [9.17, 15) is 0 Å². The van der Waals surface area contributed by atoms with Crippen molar-refractivity contribution in [3.05, 3.63) is 89.3 Å². The van der Waals surface area contributed by atoms with Crippen molar-refractivity contribution in [2.75, 3.05) is 10.6 Å². The van der Waals surface area contributed by atoms with Gasteiger partial charge in [-0.1, -0.05) is 41.9 Å². The summed E-state index contributed by atoms with van der Waals surface area (Å²) in [5.74, 6) is 1.52. The van der Waals surface area contributed by atoms with Crippen molar-refractivity contribution in [3.63, 3.8) is 0 Å². The van der Waals surface area contributed by atoms with Gasteiger partial charge in [-0.3, -0.25) is 9.98 Å². The average molecular weight is 386 g/mol. The quantitative estimate of drug-likeness (QED) is 0.495. The number of aliphatic imine (C=N–C) groups is 1. The molecule has 5 nitrogen and oxygen atoms in total. The molecule has 5 rings (SSSR count). The Morgan fingerprint density at radius 2 is 1.75 bits per heavy atom. The molecule has 0 fully saturated rings. The second-order valence-corrected chi connectivity index (χ2v) is 6.94. The van der Waals surface area contributed by atoms with Crippen molar-refractivity contribution in [1.29, 1.82) is 0 Å². The molecule has 136 valence electrons. The van der Waals surface area contributed by atoms with Crippen LogP contribution in [0.2, 0.25) is 5.02 Å². The zero-order valence-electron chi connectivity index (χ0n) is 14.9. The van der Waals surface area contributed by atoms with Crippen LogP contribution >= 0.6 is 11.6 Å². The molecule has 1 aliphatic rings. The van der Waals surface area contributed by atoms with Crippen LogP contribution in [0.3, 0.4) is 0 Å². The van der Waals surface area contributed by atoms with Crippen molar-refractivity contribution >= 4 is 45.4 Å². The van der Waals surface area contributed by atoms with E-state index in [1.54, 1.807) is 6.20 Å². The van der Waals surface area contributed by atoms with E-state index in [1.807, 2.05) is 60.8 Å². The van der Waals surface area contributed by atoms with E-state index in [4.69, 9.17) is 11.6 Å². The largest absolute Gasteiger partial charge is 0.339 e. The highest BCUT2D eigenvalue weighted by molar-refractivity contribution is 6.33. The second kappa shape index (κ2) is 6.94. The normalized spacial score (nSPS) is 12.5. The van der Waals surface area contributed by atoms with Gasteiger partial charge >= 0.3 is 0 Å². The first-order valence-electron chi connectivity index (χ1n) is 8.93. The third kappa shape index (κ3) is 3.17. The van der Waals surface area contributed by atoms with Crippen LogP contribution in [0, 0.1) is 0 Å². The number of benzene rings is 2. The smallest absolute Gasteiger partial charge is 0.152 e. The maximum absolute atomic E-state index is 6.50. The molecule has 0 aliphatic carbocycles. The van der Waals surface area contributed by atoms with Gasteiger partial charge in [-0.15, -0.1) is 0 Å². The molecule has 0 unspecified atom stereocenters. The number of halogens is 1. The highest BCUT2D eigenvalue weighted by Gasteiger charge is 2.17. The topological polar surface area (TPSA) is 62.2 Å². The summed E-state index contributed by atoms with van der Waals surface area (Å²) in [6, 6.07) is 19.8.